The van der Waals surface area contributed by atoms with Crippen LogP contribution in [-0.4, -0.2) is 23.5 Å². The summed E-state index contributed by atoms with van der Waals surface area (Å²) in [5.74, 6) is 0.683. The highest BCUT2D eigenvalue weighted by Gasteiger charge is 2.28. The highest BCUT2D eigenvalue weighted by Crippen LogP contribution is 2.37. The molecule has 116 valence electrons. The Morgan fingerprint density at radius 1 is 1.14 bits per heavy atom. The predicted molar refractivity (Wildman–Crippen MR) is 88.9 cm³/mol. The van der Waals surface area contributed by atoms with Gasteiger partial charge in [-0.3, -0.25) is 4.90 Å². The predicted octanol–water partition coefficient (Wildman–Crippen LogP) is 4.38. The van der Waals surface area contributed by atoms with Crippen molar-refractivity contribution in [3.63, 3.8) is 0 Å². The lowest BCUT2D eigenvalue weighted by atomic mass is 9.93. The van der Waals surface area contributed by atoms with E-state index in [4.69, 9.17) is 4.74 Å². The molecule has 1 fully saturated rings. The number of benzene rings is 1. The monoisotopic (exact) mass is 296 g/mol. The van der Waals surface area contributed by atoms with Crippen LogP contribution in [0.3, 0.4) is 0 Å². The molecule has 3 nitrogen and oxygen atoms in total. The number of hydrogen-bond acceptors (Lipinski definition) is 3. The molecule has 0 bridgehead atoms. The Kier molecular flexibility index (Phi) is 4.74. The minimum Gasteiger partial charge on any atom is -0.481 e. The normalized spacial score (nSPS) is 20.5. The average molecular weight is 296 g/mol. The first-order valence-electron chi connectivity index (χ1n) is 8.10. The molecule has 2 heterocycles. The van der Waals surface area contributed by atoms with E-state index < -0.39 is 0 Å². The fraction of sp³-hybridized carbons (Fsp3) is 0.421. The maximum absolute atomic E-state index is 5.18. The first-order valence-corrected chi connectivity index (χ1v) is 8.10. The zero-order valence-electron chi connectivity index (χ0n) is 13.4. The Bertz CT molecular complexity index is 582. The van der Waals surface area contributed by atoms with Gasteiger partial charge in [-0.15, -0.1) is 0 Å². The Hall–Kier alpha value is -1.87. The van der Waals surface area contributed by atoms with Gasteiger partial charge < -0.3 is 4.74 Å². The molecule has 0 radical (unpaired) electrons. The highest BCUT2D eigenvalue weighted by molar-refractivity contribution is 5.24. The molecule has 1 aliphatic rings. The van der Waals surface area contributed by atoms with Gasteiger partial charge in [0.1, 0.15) is 0 Å². The molecule has 2 atom stereocenters. The number of methoxy groups -OCH3 is 1. The summed E-state index contributed by atoms with van der Waals surface area (Å²) in [6, 6.07) is 15.8. The van der Waals surface area contributed by atoms with Gasteiger partial charge in [-0.2, -0.15) is 0 Å². The minimum atomic E-state index is 0.425. The van der Waals surface area contributed by atoms with Gasteiger partial charge in [0.05, 0.1) is 7.11 Å². The molecule has 0 aliphatic carbocycles. The third-order valence-electron chi connectivity index (χ3n) is 4.68. The molecule has 1 aliphatic heterocycles. The van der Waals surface area contributed by atoms with Crippen LogP contribution in [0.25, 0.3) is 0 Å². The van der Waals surface area contributed by atoms with Crippen LogP contribution in [0.1, 0.15) is 49.4 Å². The van der Waals surface area contributed by atoms with E-state index in [9.17, 15) is 0 Å². The third-order valence-corrected chi connectivity index (χ3v) is 4.68. The van der Waals surface area contributed by atoms with Gasteiger partial charge in [0.25, 0.3) is 0 Å². The Labute approximate surface area is 132 Å². The van der Waals surface area contributed by atoms with E-state index in [1.807, 2.05) is 12.3 Å². The lowest BCUT2D eigenvalue weighted by molar-refractivity contribution is 0.103. The van der Waals surface area contributed by atoms with Crippen LogP contribution < -0.4 is 4.74 Å². The zero-order valence-corrected chi connectivity index (χ0v) is 13.4. The standard InChI is InChI=1S/C19H24N2O/c1-15(16-8-4-3-5-9-16)21-13-7-6-10-18(21)17-11-12-19(22-2)20-14-17/h3-5,8-9,11-12,14-15,18H,6-7,10,13H2,1-2H3/t15-,18+/m1/s1. The van der Waals surface area contributed by atoms with Crippen molar-refractivity contribution in [2.24, 2.45) is 0 Å². The first-order chi connectivity index (χ1) is 10.8. The fourth-order valence-electron chi connectivity index (χ4n) is 3.41. The van der Waals surface area contributed by atoms with E-state index in [2.05, 4.69) is 53.2 Å². The van der Waals surface area contributed by atoms with Gasteiger partial charge >= 0.3 is 0 Å². The van der Waals surface area contributed by atoms with Gasteiger partial charge in [-0.1, -0.05) is 42.8 Å². The van der Waals surface area contributed by atoms with Crippen LogP contribution in [0.5, 0.6) is 5.88 Å². The number of aromatic nitrogens is 1. The van der Waals surface area contributed by atoms with Crippen LogP contribution in [-0.2, 0) is 0 Å². The van der Waals surface area contributed by atoms with Crippen molar-refractivity contribution in [1.82, 2.24) is 9.88 Å². The summed E-state index contributed by atoms with van der Waals surface area (Å²) in [4.78, 5) is 7.00. The summed E-state index contributed by atoms with van der Waals surface area (Å²) in [6.07, 6.45) is 5.73. The second-order valence-electron chi connectivity index (χ2n) is 5.97. The average Bonchev–Trinajstić information content (AvgIpc) is 2.62. The van der Waals surface area contributed by atoms with Gasteiger partial charge in [0.2, 0.25) is 5.88 Å². The summed E-state index contributed by atoms with van der Waals surface area (Å²) in [6.45, 7) is 3.46. The maximum Gasteiger partial charge on any atom is 0.212 e. The molecule has 0 amide bonds. The quantitative estimate of drug-likeness (QED) is 0.837. The zero-order chi connectivity index (χ0) is 15.4. The Morgan fingerprint density at radius 2 is 1.95 bits per heavy atom. The van der Waals surface area contributed by atoms with Crippen molar-refractivity contribution >= 4 is 0 Å². The van der Waals surface area contributed by atoms with Crippen molar-refractivity contribution in [2.75, 3.05) is 13.7 Å². The SMILES string of the molecule is COc1ccc([C@@H]2CCCCN2[C@H](C)c2ccccc2)cn1. The lowest BCUT2D eigenvalue weighted by Crippen LogP contribution is -2.35. The number of nitrogens with zero attached hydrogens (tertiary/aromatic N) is 2. The smallest absolute Gasteiger partial charge is 0.212 e. The van der Waals surface area contributed by atoms with E-state index in [-0.39, 0.29) is 0 Å². The topological polar surface area (TPSA) is 25.4 Å². The van der Waals surface area contributed by atoms with E-state index in [1.54, 1.807) is 7.11 Å². The van der Waals surface area contributed by atoms with Gasteiger partial charge in [-0.05, 0) is 37.4 Å². The van der Waals surface area contributed by atoms with Crippen molar-refractivity contribution in [1.29, 1.82) is 0 Å². The van der Waals surface area contributed by atoms with Crippen LogP contribution in [0, 0.1) is 0 Å². The van der Waals surface area contributed by atoms with Crippen LogP contribution >= 0.6 is 0 Å². The summed E-state index contributed by atoms with van der Waals surface area (Å²) in [7, 11) is 1.66. The molecule has 1 aromatic carbocycles. The third kappa shape index (κ3) is 3.14. The van der Waals surface area contributed by atoms with Gasteiger partial charge in [0.15, 0.2) is 0 Å². The summed E-state index contributed by atoms with van der Waals surface area (Å²) in [5.41, 5.74) is 2.68. The molecule has 0 saturated carbocycles. The van der Waals surface area contributed by atoms with Gasteiger partial charge in [-0.25, -0.2) is 4.98 Å². The number of piperidine rings is 1. The number of ether oxygens (including phenoxy) is 1. The Morgan fingerprint density at radius 3 is 2.64 bits per heavy atom. The van der Waals surface area contributed by atoms with Gasteiger partial charge in [0, 0.05) is 24.3 Å². The molecule has 1 aromatic heterocycles. The second-order valence-corrected chi connectivity index (χ2v) is 5.97. The fourth-order valence-corrected chi connectivity index (χ4v) is 3.41. The molecular weight excluding hydrogens is 272 g/mol. The van der Waals surface area contributed by atoms with Crippen molar-refractivity contribution < 1.29 is 4.74 Å². The molecule has 0 N–H and O–H groups in total. The molecular formula is C19H24N2O. The molecule has 0 unspecified atom stereocenters. The van der Waals surface area contributed by atoms with E-state index >= 15 is 0 Å². The summed E-state index contributed by atoms with van der Waals surface area (Å²) < 4.78 is 5.18. The molecule has 2 aromatic rings. The Balaban J connectivity index is 1.84. The summed E-state index contributed by atoms with van der Waals surface area (Å²) >= 11 is 0. The number of pyridine rings is 1. The van der Waals surface area contributed by atoms with E-state index in [1.165, 1.54) is 30.4 Å². The van der Waals surface area contributed by atoms with E-state index in [0.717, 1.165) is 6.54 Å². The van der Waals surface area contributed by atoms with Crippen LogP contribution in [0.15, 0.2) is 48.7 Å². The molecule has 1 saturated heterocycles. The molecule has 22 heavy (non-hydrogen) atoms. The molecule has 3 heteroatoms. The van der Waals surface area contributed by atoms with Crippen molar-refractivity contribution in [3.05, 3.63) is 59.8 Å². The minimum absolute atomic E-state index is 0.425. The van der Waals surface area contributed by atoms with Crippen molar-refractivity contribution in [2.45, 2.75) is 38.3 Å². The lowest BCUT2D eigenvalue weighted by Gasteiger charge is -2.40. The number of hydrogen-bond donors (Lipinski definition) is 0. The number of rotatable bonds is 4. The van der Waals surface area contributed by atoms with Crippen molar-refractivity contribution in [3.8, 4) is 5.88 Å². The molecule has 0 spiro atoms. The molecule has 3 rings (SSSR count). The van der Waals surface area contributed by atoms with Crippen LogP contribution in [0.4, 0.5) is 0 Å². The number of likely N-dealkylation sites (tertiary alicyclic amines) is 1. The first kappa shape index (κ1) is 15.0. The largest absolute Gasteiger partial charge is 0.481 e. The highest BCUT2D eigenvalue weighted by atomic mass is 16.5. The summed E-state index contributed by atoms with van der Waals surface area (Å²) in [5, 5.41) is 0. The second kappa shape index (κ2) is 6.93. The van der Waals surface area contributed by atoms with E-state index in [0.29, 0.717) is 18.0 Å². The maximum atomic E-state index is 5.18. The van der Waals surface area contributed by atoms with Crippen LogP contribution in [0.2, 0.25) is 0 Å².